The van der Waals surface area contributed by atoms with Crippen molar-refractivity contribution >= 4 is 0 Å². The summed E-state index contributed by atoms with van der Waals surface area (Å²) in [6.07, 6.45) is 1.18. The molecule has 0 aliphatic carbocycles. The topological polar surface area (TPSA) is 99.4 Å². The Morgan fingerprint density at radius 3 is 2.45 bits per heavy atom. The summed E-state index contributed by atoms with van der Waals surface area (Å²) in [4.78, 5) is 0. The molecular formula is C16H28O6. The van der Waals surface area contributed by atoms with Gasteiger partial charge in [-0.25, -0.2) is 0 Å². The van der Waals surface area contributed by atoms with Gasteiger partial charge in [0.1, 0.15) is 24.4 Å². The van der Waals surface area contributed by atoms with E-state index in [0.29, 0.717) is 5.92 Å². The average molecular weight is 316 g/mol. The van der Waals surface area contributed by atoms with Crippen LogP contribution in [0.15, 0.2) is 24.0 Å². The molecule has 128 valence electrons. The van der Waals surface area contributed by atoms with E-state index in [2.05, 4.69) is 19.9 Å². The molecule has 0 aromatic rings. The third-order valence-electron chi connectivity index (χ3n) is 3.64. The maximum Gasteiger partial charge on any atom is 0.228 e. The van der Waals surface area contributed by atoms with Crippen molar-refractivity contribution in [1.82, 2.24) is 0 Å². The zero-order valence-corrected chi connectivity index (χ0v) is 13.4. The highest BCUT2D eigenvalue weighted by Gasteiger charge is 2.44. The molecule has 0 aromatic carbocycles. The first-order chi connectivity index (χ1) is 10.4. The van der Waals surface area contributed by atoms with E-state index >= 15 is 0 Å². The van der Waals surface area contributed by atoms with Gasteiger partial charge in [-0.2, -0.15) is 0 Å². The smallest absolute Gasteiger partial charge is 0.228 e. The zero-order valence-electron chi connectivity index (χ0n) is 13.4. The highest BCUT2D eigenvalue weighted by molar-refractivity contribution is 4.94. The van der Waals surface area contributed by atoms with Crippen molar-refractivity contribution in [2.24, 2.45) is 5.92 Å². The molecule has 1 aliphatic heterocycles. The summed E-state index contributed by atoms with van der Waals surface area (Å²) in [5.41, 5.74) is 1.29. The first-order valence-electron chi connectivity index (χ1n) is 7.62. The molecule has 1 saturated heterocycles. The van der Waals surface area contributed by atoms with E-state index < -0.39 is 37.3 Å². The molecule has 1 rings (SSSR count). The first-order valence-corrected chi connectivity index (χ1v) is 7.62. The Labute approximate surface area is 131 Å². The summed E-state index contributed by atoms with van der Waals surface area (Å²) in [6, 6.07) is 0. The van der Waals surface area contributed by atoms with Gasteiger partial charge in [0.15, 0.2) is 0 Å². The van der Waals surface area contributed by atoms with Crippen LogP contribution < -0.4 is 0 Å². The van der Waals surface area contributed by atoms with E-state index in [9.17, 15) is 15.3 Å². The van der Waals surface area contributed by atoms with Crippen LogP contribution in [0.4, 0.5) is 0 Å². The van der Waals surface area contributed by atoms with Gasteiger partial charge in [-0.3, -0.25) is 0 Å². The van der Waals surface area contributed by atoms with Gasteiger partial charge in [0.05, 0.1) is 12.9 Å². The van der Waals surface area contributed by atoms with Crippen LogP contribution in [0.25, 0.3) is 0 Å². The van der Waals surface area contributed by atoms with Gasteiger partial charge in [0.2, 0.25) is 6.29 Å². The van der Waals surface area contributed by atoms with E-state index in [1.165, 1.54) is 11.8 Å². The predicted molar refractivity (Wildman–Crippen MR) is 81.8 cm³/mol. The van der Waals surface area contributed by atoms with Crippen LogP contribution in [0.1, 0.15) is 33.6 Å². The van der Waals surface area contributed by atoms with Crippen molar-refractivity contribution in [2.45, 2.75) is 64.3 Å². The van der Waals surface area contributed by atoms with Crippen LogP contribution in [0.5, 0.6) is 0 Å². The molecule has 0 radical (unpaired) electrons. The van der Waals surface area contributed by atoms with Crippen molar-refractivity contribution in [3.63, 3.8) is 0 Å². The molecule has 0 amide bonds. The number of aliphatic hydroxyl groups excluding tert-OH is 4. The molecule has 4 N–H and O–H groups in total. The van der Waals surface area contributed by atoms with Crippen LogP contribution in [-0.4, -0.2) is 57.7 Å². The summed E-state index contributed by atoms with van der Waals surface area (Å²) < 4.78 is 10.5. The minimum absolute atomic E-state index is 0.292. The van der Waals surface area contributed by atoms with Crippen molar-refractivity contribution in [3.8, 4) is 0 Å². The molecular weight excluding hydrogens is 288 g/mol. The Balaban J connectivity index is 2.45. The Kier molecular flexibility index (Phi) is 8.06. The normalized spacial score (nSPS) is 33.7. The molecule has 6 atom stereocenters. The number of ether oxygens (including phenoxy) is 2. The highest BCUT2D eigenvalue weighted by Crippen LogP contribution is 2.22. The number of hydrogen-bond donors (Lipinski definition) is 4. The fourth-order valence-corrected chi connectivity index (χ4v) is 2.17. The van der Waals surface area contributed by atoms with Gasteiger partial charge in [0.25, 0.3) is 0 Å². The predicted octanol–water partition coefficient (Wildman–Crippen LogP) is 0.699. The van der Waals surface area contributed by atoms with E-state index in [4.69, 9.17) is 14.6 Å². The second-order valence-corrected chi connectivity index (χ2v) is 6.00. The van der Waals surface area contributed by atoms with E-state index in [-0.39, 0.29) is 0 Å². The number of allylic oxidation sites excluding steroid dienone is 3. The quantitative estimate of drug-likeness (QED) is 0.408. The molecule has 1 heterocycles. The maximum atomic E-state index is 9.81. The minimum atomic E-state index is -1.42. The summed E-state index contributed by atoms with van der Waals surface area (Å²) in [5.74, 6) is 0.292. The van der Waals surface area contributed by atoms with Crippen molar-refractivity contribution in [3.05, 3.63) is 24.0 Å². The zero-order chi connectivity index (χ0) is 16.7. The number of rotatable bonds is 7. The van der Waals surface area contributed by atoms with Crippen LogP contribution in [0, 0.1) is 5.92 Å². The lowest BCUT2D eigenvalue weighted by atomic mass is 9.99. The molecule has 1 aliphatic rings. The summed E-state index contributed by atoms with van der Waals surface area (Å²) in [6.45, 7) is 5.70. The lowest BCUT2D eigenvalue weighted by Crippen LogP contribution is -2.58. The maximum absolute atomic E-state index is 9.81. The lowest BCUT2D eigenvalue weighted by Gasteiger charge is -2.39. The fourth-order valence-electron chi connectivity index (χ4n) is 2.17. The lowest BCUT2D eigenvalue weighted by molar-refractivity contribution is -0.288. The third-order valence-corrected chi connectivity index (χ3v) is 3.64. The third kappa shape index (κ3) is 5.70. The Morgan fingerprint density at radius 1 is 1.18 bits per heavy atom. The second kappa shape index (κ2) is 9.27. The van der Waals surface area contributed by atoms with Crippen molar-refractivity contribution < 1.29 is 29.9 Å². The number of hydrogen-bond acceptors (Lipinski definition) is 6. The molecule has 0 spiro atoms. The Morgan fingerprint density at radius 2 is 1.86 bits per heavy atom. The fraction of sp³-hybridized carbons (Fsp3) is 0.750. The van der Waals surface area contributed by atoms with Gasteiger partial charge in [-0.1, -0.05) is 18.6 Å². The van der Waals surface area contributed by atoms with Gasteiger partial charge < -0.3 is 29.9 Å². The van der Waals surface area contributed by atoms with Crippen molar-refractivity contribution in [1.29, 1.82) is 0 Å². The summed E-state index contributed by atoms with van der Waals surface area (Å²) >= 11 is 0. The monoisotopic (exact) mass is 316 g/mol. The molecule has 0 aromatic heterocycles. The first kappa shape index (κ1) is 19.1. The largest absolute Gasteiger partial charge is 0.470 e. The second-order valence-electron chi connectivity index (χ2n) is 6.00. The van der Waals surface area contributed by atoms with Gasteiger partial charge in [-0.15, -0.1) is 0 Å². The Hall–Kier alpha value is -0.920. The number of aliphatic hydroxyl groups is 4. The van der Waals surface area contributed by atoms with Crippen molar-refractivity contribution in [2.75, 3.05) is 6.61 Å². The van der Waals surface area contributed by atoms with Crippen LogP contribution >= 0.6 is 0 Å². The SMILES string of the molecule is CC(C)=CCCC(C)C=CO[C@H]1O[C@H](CO)[C@@H](O)[C@H](O)[C@H]1O. The molecule has 6 heteroatoms. The molecule has 1 unspecified atom stereocenters. The average Bonchev–Trinajstić information content (AvgIpc) is 2.47. The van der Waals surface area contributed by atoms with Gasteiger partial charge >= 0.3 is 0 Å². The summed E-state index contributed by atoms with van der Waals surface area (Å²) in [5, 5.41) is 38.2. The molecule has 22 heavy (non-hydrogen) atoms. The van der Waals surface area contributed by atoms with E-state index in [1.807, 2.05) is 13.0 Å². The van der Waals surface area contributed by atoms with E-state index in [1.54, 1.807) is 0 Å². The van der Waals surface area contributed by atoms with Gasteiger partial charge in [0, 0.05) is 0 Å². The highest BCUT2D eigenvalue weighted by atomic mass is 16.7. The van der Waals surface area contributed by atoms with Crippen LogP contribution in [0.2, 0.25) is 0 Å². The Bertz CT molecular complexity index is 375. The molecule has 0 bridgehead atoms. The van der Waals surface area contributed by atoms with Crippen LogP contribution in [0.3, 0.4) is 0 Å². The standard InChI is InChI=1S/C16H28O6/c1-10(2)5-4-6-11(3)7-8-21-16-15(20)14(19)13(18)12(9-17)22-16/h5,7-8,11-20H,4,6,9H2,1-3H3/t11?,12-,13-,14+,15-,16+/m1/s1. The molecule has 6 nitrogen and oxygen atoms in total. The molecule has 1 fully saturated rings. The molecule has 0 saturated carbocycles. The summed E-state index contributed by atoms with van der Waals surface area (Å²) in [7, 11) is 0. The van der Waals surface area contributed by atoms with Gasteiger partial charge in [-0.05, 0) is 38.7 Å². The van der Waals surface area contributed by atoms with E-state index in [0.717, 1.165) is 12.8 Å². The minimum Gasteiger partial charge on any atom is -0.470 e. The van der Waals surface area contributed by atoms with Crippen LogP contribution in [-0.2, 0) is 9.47 Å².